The number of hydrogen-bond acceptors (Lipinski definition) is 4. The highest BCUT2D eigenvalue weighted by molar-refractivity contribution is 5.40. The predicted molar refractivity (Wildman–Crippen MR) is 55.5 cm³/mol. The highest BCUT2D eigenvalue weighted by Crippen LogP contribution is 2.19. The van der Waals surface area contributed by atoms with Gasteiger partial charge in [-0.15, -0.1) is 0 Å². The normalized spacial score (nSPS) is 22.7. The molecule has 1 atom stereocenters. The molecule has 0 amide bonds. The Labute approximate surface area is 84.3 Å². The van der Waals surface area contributed by atoms with E-state index in [0.717, 1.165) is 37.6 Å². The zero-order valence-corrected chi connectivity index (χ0v) is 8.79. The minimum Gasteiger partial charge on any atom is -0.360 e. The lowest BCUT2D eigenvalue weighted by Gasteiger charge is -2.35. The van der Waals surface area contributed by atoms with Gasteiger partial charge in [0.25, 0.3) is 0 Å². The third kappa shape index (κ3) is 1.75. The van der Waals surface area contributed by atoms with E-state index in [1.807, 2.05) is 13.0 Å². The van der Waals surface area contributed by atoms with Crippen molar-refractivity contribution < 1.29 is 4.52 Å². The van der Waals surface area contributed by atoms with Gasteiger partial charge in [0, 0.05) is 31.7 Å². The highest BCUT2D eigenvalue weighted by Gasteiger charge is 2.22. The summed E-state index contributed by atoms with van der Waals surface area (Å²) >= 11 is 0. The molecule has 14 heavy (non-hydrogen) atoms. The van der Waals surface area contributed by atoms with Crippen LogP contribution in [0.3, 0.4) is 0 Å². The van der Waals surface area contributed by atoms with Gasteiger partial charge in [-0.25, -0.2) is 0 Å². The summed E-state index contributed by atoms with van der Waals surface area (Å²) in [5.74, 6) is 1.87. The number of nitrogens with one attached hydrogen (secondary N) is 1. The van der Waals surface area contributed by atoms with Gasteiger partial charge in [0.05, 0.1) is 0 Å². The summed E-state index contributed by atoms with van der Waals surface area (Å²) in [4.78, 5) is 2.33. The summed E-state index contributed by atoms with van der Waals surface area (Å²) in [7, 11) is 0. The van der Waals surface area contributed by atoms with E-state index >= 15 is 0 Å². The van der Waals surface area contributed by atoms with Gasteiger partial charge in [-0.1, -0.05) is 12.1 Å². The second-order valence-electron chi connectivity index (χ2n) is 3.76. The molecule has 2 rings (SSSR count). The van der Waals surface area contributed by atoms with Gasteiger partial charge in [-0.2, -0.15) is 0 Å². The summed E-state index contributed by atoms with van der Waals surface area (Å²) in [6, 6.07) is 2.56. The van der Waals surface area contributed by atoms with Crippen LogP contribution in [0.5, 0.6) is 0 Å². The van der Waals surface area contributed by atoms with Crippen LogP contribution >= 0.6 is 0 Å². The van der Waals surface area contributed by atoms with Gasteiger partial charge in [0.1, 0.15) is 5.76 Å². The Kier molecular flexibility index (Phi) is 2.72. The molecule has 2 heterocycles. The molecule has 1 aliphatic heterocycles. The lowest BCUT2D eigenvalue weighted by molar-refractivity contribution is 0.388. The third-order valence-electron chi connectivity index (χ3n) is 2.73. The summed E-state index contributed by atoms with van der Waals surface area (Å²) in [5.41, 5.74) is 0. The Morgan fingerprint density at radius 2 is 2.57 bits per heavy atom. The number of rotatable bonds is 2. The van der Waals surface area contributed by atoms with E-state index in [1.54, 1.807) is 0 Å². The molecule has 4 nitrogen and oxygen atoms in total. The van der Waals surface area contributed by atoms with Gasteiger partial charge >= 0.3 is 0 Å². The van der Waals surface area contributed by atoms with E-state index < -0.39 is 0 Å². The quantitative estimate of drug-likeness (QED) is 0.769. The molecule has 1 fully saturated rings. The van der Waals surface area contributed by atoms with Crippen LogP contribution in [-0.4, -0.2) is 30.8 Å². The molecule has 0 saturated carbocycles. The molecule has 4 heteroatoms. The summed E-state index contributed by atoms with van der Waals surface area (Å²) in [6.45, 7) is 7.23. The average molecular weight is 195 g/mol. The van der Waals surface area contributed by atoms with Crippen LogP contribution in [-0.2, 0) is 0 Å². The molecule has 1 aliphatic rings. The Bertz CT molecular complexity index is 297. The Morgan fingerprint density at radius 3 is 3.21 bits per heavy atom. The van der Waals surface area contributed by atoms with Crippen molar-refractivity contribution in [2.24, 2.45) is 0 Å². The minimum absolute atomic E-state index is 0.549. The van der Waals surface area contributed by atoms with Gasteiger partial charge in [-0.05, 0) is 13.3 Å². The molecule has 0 aromatic carbocycles. The second-order valence-corrected chi connectivity index (χ2v) is 3.76. The lowest BCUT2D eigenvalue weighted by Crippen LogP contribution is -2.51. The van der Waals surface area contributed by atoms with Crippen molar-refractivity contribution in [2.75, 3.05) is 24.5 Å². The molecule has 1 aromatic heterocycles. The predicted octanol–water partition coefficient (Wildman–Crippen LogP) is 1.17. The van der Waals surface area contributed by atoms with E-state index in [-0.39, 0.29) is 0 Å². The average Bonchev–Trinajstić information content (AvgIpc) is 2.65. The van der Waals surface area contributed by atoms with Gasteiger partial charge in [-0.3, -0.25) is 0 Å². The number of aryl methyl sites for hydroxylation is 1. The van der Waals surface area contributed by atoms with Crippen LogP contribution in [0.25, 0.3) is 0 Å². The van der Waals surface area contributed by atoms with E-state index in [1.165, 1.54) is 0 Å². The largest absolute Gasteiger partial charge is 0.360 e. The molecule has 1 aromatic rings. The van der Waals surface area contributed by atoms with Gasteiger partial charge < -0.3 is 14.7 Å². The van der Waals surface area contributed by atoms with Crippen LogP contribution in [0.4, 0.5) is 5.82 Å². The molecule has 1 saturated heterocycles. The second kappa shape index (κ2) is 4.00. The monoisotopic (exact) mass is 195 g/mol. The van der Waals surface area contributed by atoms with Gasteiger partial charge in [0.15, 0.2) is 5.82 Å². The fraction of sp³-hybridized carbons (Fsp3) is 0.700. The van der Waals surface area contributed by atoms with Gasteiger partial charge in [0.2, 0.25) is 0 Å². The molecule has 0 spiro atoms. The molecule has 0 unspecified atom stereocenters. The molecular formula is C10H17N3O. The molecule has 78 valence electrons. The number of nitrogens with zero attached hydrogens (tertiary/aromatic N) is 2. The van der Waals surface area contributed by atoms with Crippen LogP contribution in [0.15, 0.2) is 10.6 Å². The standard InChI is InChI=1S/C10H17N3O/c1-3-9-7-11-4-5-13(9)10-6-8(2)14-12-10/h6,9,11H,3-5,7H2,1-2H3/t9-/m0/s1. The smallest absolute Gasteiger partial charge is 0.172 e. The minimum atomic E-state index is 0.549. The number of aromatic nitrogens is 1. The van der Waals surface area contributed by atoms with Crippen LogP contribution in [0, 0.1) is 6.92 Å². The summed E-state index contributed by atoms with van der Waals surface area (Å²) in [5, 5.41) is 7.45. The molecule has 0 bridgehead atoms. The zero-order valence-electron chi connectivity index (χ0n) is 8.79. The van der Waals surface area contributed by atoms with E-state index in [4.69, 9.17) is 4.52 Å². The fourth-order valence-electron chi connectivity index (χ4n) is 1.92. The molecule has 1 N–H and O–H groups in total. The van der Waals surface area contributed by atoms with Crippen molar-refractivity contribution in [1.29, 1.82) is 0 Å². The van der Waals surface area contributed by atoms with Crippen molar-refractivity contribution >= 4 is 5.82 Å². The highest BCUT2D eigenvalue weighted by atomic mass is 16.5. The van der Waals surface area contributed by atoms with Crippen LogP contribution in [0.1, 0.15) is 19.1 Å². The first-order valence-corrected chi connectivity index (χ1v) is 5.22. The number of piperazine rings is 1. The third-order valence-corrected chi connectivity index (χ3v) is 2.73. The van der Waals surface area contributed by atoms with Crippen LogP contribution in [0.2, 0.25) is 0 Å². The van der Waals surface area contributed by atoms with E-state index in [9.17, 15) is 0 Å². The van der Waals surface area contributed by atoms with E-state index in [2.05, 4.69) is 22.3 Å². The van der Waals surface area contributed by atoms with Crippen molar-refractivity contribution in [3.8, 4) is 0 Å². The molecular weight excluding hydrogens is 178 g/mol. The number of anilines is 1. The Morgan fingerprint density at radius 1 is 1.71 bits per heavy atom. The van der Waals surface area contributed by atoms with Crippen molar-refractivity contribution in [3.63, 3.8) is 0 Å². The summed E-state index contributed by atoms with van der Waals surface area (Å²) in [6.07, 6.45) is 1.14. The van der Waals surface area contributed by atoms with Crippen molar-refractivity contribution in [3.05, 3.63) is 11.8 Å². The number of hydrogen-bond donors (Lipinski definition) is 1. The van der Waals surface area contributed by atoms with Crippen LogP contribution < -0.4 is 10.2 Å². The summed E-state index contributed by atoms with van der Waals surface area (Å²) < 4.78 is 5.10. The van der Waals surface area contributed by atoms with E-state index in [0.29, 0.717) is 6.04 Å². The molecule has 0 radical (unpaired) electrons. The first-order chi connectivity index (χ1) is 6.81. The maximum Gasteiger partial charge on any atom is 0.172 e. The topological polar surface area (TPSA) is 41.3 Å². The Balaban J connectivity index is 2.14. The van der Waals surface area contributed by atoms with Crippen molar-refractivity contribution in [1.82, 2.24) is 10.5 Å². The molecule has 0 aliphatic carbocycles. The maximum absolute atomic E-state index is 5.10. The lowest BCUT2D eigenvalue weighted by atomic mass is 10.1. The van der Waals surface area contributed by atoms with Crippen molar-refractivity contribution in [2.45, 2.75) is 26.3 Å². The SMILES string of the molecule is CC[C@H]1CNCCN1c1cc(C)on1. The maximum atomic E-state index is 5.10. The first-order valence-electron chi connectivity index (χ1n) is 5.22. The Hall–Kier alpha value is -1.03. The first kappa shape index (κ1) is 9.52. The zero-order chi connectivity index (χ0) is 9.97. The fourth-order valence-corrected chi connectivity index (χ4v) is 1.92.